The first kappa shape index (κ1) is 17.6. The largest absolute Gasteiger partial charge is 0.462 e. The highest BCUT2D eigenvalue weighted by Crippen LogP contribution is 2.10. The van der Waals surface area contributed by atoms with Crippen molar-refractivity contribution in [2.45, 2.75) is 32.8 Å². The van der Waals surface area contributed by atoms with Crippen molar-refractivity contribution in [1.29, 1.82) is 0 Å². The van der Waals surface area contributed by atoms with E-state index in [4.69, 9.17) is 5.84 Å². The van der Waals surface area contributed by atoms with Crippen molar-refractivity contribution in [1.82, 2.24) is 5.43 Å². The van der Waals surface area contributed by atoms with Gasteiger partial charge in [-0.3, -0.25) is 15.0 Å². The van der Waals surface area contributed by atoms with Gasteiger partial charge in [0.15, 0.2) is 0 Å². The number of halogens is 1. The number of hydrogen-bond acceptors (Lipinski definition) is 4. The molecule has 0 radical (unpaired) electrons. The molecule has 3 N–H and O–H groups in total. The Morgan fingerprint density at radius 2 is 1.89 bits per heavy atom. The molecule has 5 nitrogen and oxygen atoms in total. The molecule has 0 aromatic heterocycles. The van der Waals surface area contributed by atoms with E-state index in [-0.39, 0.29) is 11.5 Å². The summed E-state index contributed by atoms with van der Waals surface area (Å²) in [6.45, 7) is 5.92. The second-order valence-electron chi connectivity index (χ2n) is 4.70. The molecule has 6 heteroatoms. The molecule has 1 amide bonds. The van der Waals surface area contributed by atoms with Crippen LogP contribution in [0.4, 0.5) is 0 Å². The third-order valence-electron chi connectivity index (χ3n) is 1.84. The fourth-order valence-corrected chi connectivity index (χ4v) is 1.25. The van der Waals surface area contributed by atoms with Gasteiger partial charge < -0.3 is 4.74 Å². The van der Waals surface area contributed by atoms with E-state index < -0.39 is 0 Å². The Morgan fingerprint density at radius 1 is 1.37 bits per heavy atom. The number of rotatable bonds is 3. The summed E-state index contributed by atoms with van der Waals surface area (Å²) in [6, 6.07) is 7.52. The molecule has 0 bridgehead atoms. The second kappa shape index (κ2) is 8.66. The first-order chi connectivity index (χ1) is 8.78. The lowest BCUT2D eigenvalue weighted by Crippen LogP contribution is -2.31. The maximum atomic E-state index is 10.8. The van der Waals surface area contributed by atoms with E-state index in [0.717, 1.165) is 10.0 Å². The molecule has 19 heavy (non-hydrogen) atoms. The van der Waals surface area contributed by atoms with Crippen molar-refractivity contribution in [3.05, 3.63) is 34.3 Å². The van der Waals surface area contributed by atoms with Crippen LogP contribution in [0.5, 0.6) is 0 Å². The number of ether oxygens (including phenoxy) is 1. The highest BCUT2D eigenvalue weighted by atomic mass is 79.9. The molecule has 0 atom stereocenters. The molecular weight excluding hydrogens is 312 g/mol. The zero-order valence-corrected chi connectivity index (χ0v) is 12.9. The zero-order chi connectivity index (χ0) is 14.9. The molecule has 106 valence electrons. The van der Waals surface area contributed by atoms with Crippen LogP contribution in [-0.4, -0.2) is 18.0 Å². The minimum atomic E-state index is -0.318. The van der Waals surface area contributed by atoms with Gasteiger partial charge in [0.2, 0.25) is 5.91 Å². The van der Waals surface area contributed by atoms with Crippen molar-refractivity contribution < 1.29 is 14.3 Å². The van der Waals surface area contributed by atoms with Gasteiger partial charge in [0.25, 0.3) is 6.47 Å². The van der Waals surface area contributed by atoms with Crippen molar-refractivity contribution in [3.63, 3.8) is 0 Å². The lowest BCUT2D eigenvalue weighted by molar-refractivity contribution is -0.138. The van der Waals surface area contributed by atoms with Gasteiger partial charge in [0, 0.05) is 4.47 Å². The average Bonchev–Trinajstić information content (AvgIpc) is 2.31. The lowest BCUT2D eigenvalue weighted by Gasteiger charge is -2.14. The van der Waals surface area contributed by atoms with Gasteiger partial charge >= 0.3 is 0 Å². The van der Waals surface area contributed by atoms with Gasteiger partial charge in [-0.15, -0.1) is 0 Å². The second-order valence-corrected chi connectivity index (χ2v) is 5.61. The smallest absolute Gasteiger partial charge is 0.293 e. The van der Waals surface area contributed by atoms with Crippen LogP contribution in [0.2, 0.25) is 0 Å². The van der Waals surface area contributed by atoms with Crippen molar-refractivity contribution in [2.75, 3.05) is 0 Å². The van der Waals surface area contributed by atoms with Crippen LogP contribution in [0.15, 0.2) is 28.7 Å². The number of hydrazine groups is 1. The predicted molar refractivity (Wildman–Crippen MR) is 77.1 cm³/mol. The van der Waals surface area contributed by atoms with E-state index >= 15 is 0 Å². The molecule has 0 unspecified atom stereocenters. The molecule has 0 saturated heterocycles. The van der Waals surface area contributed by atoms with Crippen molar-refractivity contribution in [2.24, 2.45) is 5.84 Å². The van der Waals surface area contributed by atoms with Crippen molar-refractivity contribution >= 4 is 28.3 Å². The van der Waals surface area contributed by atoms with Gasteiger partial charge in [-0.05, 0) is 38.5 Å². The number of benzene rings is 1. The Morgan fingerprint density at radius 3 is 2.21 bits per heavy atom. The Balaban J connectivity index is 0.000000399. The highest BCUT2D eigenvalue weighted by molar-refractivity contribution is 9.10. The number of nitrogens with one attached hydrogen (secondary N) is 1. The normalized spacial score (nSPS) is 9.95. The molecule has 0 spiro atoms. The molecule has 1 aromatic carbocycles. The van der Waals surface area contributed by atoms with E-state index in [1.165, 1.54) is 0 Å². The van der Waals surface area contributed by atoms with Gasteiger partial charge in [-0.1, -0.05) is 28.1 Å². The van der Waals surface area contributed by atoms with Gasteiger partial charge in [0.05, 0.1) is 6.42 Å². The summed E-state index contributed by atoms with van der Waals surface area (Å²) in [5.74, 6) is 4.76. The molecule has 0 aliphatic heterocycles. The Kier molecular flexibility index (Phi) is 8.02. The first-order valence-electron chi connectivity index (χ1n) is 5.64. The number of carbonyl (C=O) groups is 2. The minimum Gasteiger partial charge on any atom is -0.462 e. The van der Waals surface area contributed by atoms with Crippen LogP contribution < -0.4 is 11.3 Å². The summed E-state index contributed by atoms with van der Waals surface area (Å²) in [5, 5.41) is 0. The van der Waals surface area contributed by atoms with Gasteiger partial charge in [-0.2, -0.15) is 0 Å². The van der Waals surface area contributed by atoms with Crippen LogP contribution >= 0.6 is 15.9 Å². The van der Waals surface area contributed by atoms with Crippen LogP contribution in [0.1, 0.15) is 26.3 Å². The molecule has 0 saturated carbocycles. The maximum Gasteiger partial charge on any atom is 0.293 e. The molecule has 1 rings (SSSR count). The maximum absolute atomic E-state index is 10.8. The Labute approximate surface area is 121 Å². The summed E-state index contributed by atoms with van der Waals surface area (Å²) in [4.78, 5) is 20.4. The average molecular weight is 331 g/mol. The monoisotopic (exact) mass is 330 g/mol. The van der Waals surface area contributed by atoms with E-state index in [9.17, 15) is 9.59 Å². The first-order valence-corrected chi connectivity index (χ1v) is 6.43. The Bertz CT molecular complexity index is 399. The highest BCUT2D eigenvalue weighted by Gasteiger charge is 2.07. The summed E-state index contributed by atoms with van der Waals surface area (Å²) in [6.07, 6.45) is 0.323. The van der Waals surface area contributed by atoms with Crippen LogP contribution in [0.3, 0.4) is 0 Å². The van der Waals surface area contributed by atoms with E-state index in [1.54, 1.807) is 0 Å². The summed E-state index contributed by atoms with van der Waals surface area (Å²) >= 11 is 3.30. The number of nitrogens with two attached hydrogens (primary N) is 1. The third kappa shape index (κ3) is 10.2. The Hall–Kier alpha value is -1.40. The molecule has 0 aliphatic carbocycles. The van der Waals surface area contributed by atoms with Crippen LogP contribution in [0.25, 0.3) is 0 Å². The van der Waals surface area contributed by atoms with E-state index in [1.807, 2.05) is 45.0 Å². The summed E-state index contributed by atoms with van der Waals surface area (Å²) in [5.41, 5.74) is 2.71. The molecule has 1 aromatic rings. The van der Waals surface area contributed by atoms with Crippen molar-refractivity contribution in [3.8, 4) is 0 Å². The summed E-state index contributed by atoms with van der Waals surface area (Å²) < 4.78 is 5.55. The molecule has 0 heterocycles. The SMILES string of the molecule is CC(C)(C)OC=O.NNC(=O)Cc1ccc(Br)cc1. The minimum absolute atomic E-state index is 0.183. The van der Waals surface area contributed by atoms with E-state index in [2.05, 4.69) is 26.1 Å². The number of carbonyl (C=O) groups excluding carboxylic acids is 2. The third-order valence-corrected chi connectivity index (χ3v) is 2.37. The predicted octanol–water partition coefficient (Wildman–Crippen LogP) is 1.94. The molecular formula is C13H19BrN2O3. The fraction of sp³-hybridized carbons (Fsp3) is 0.385. The van der Waals surface area contributed by atoms with Gasteiger partial charge in [-0.25, -0.2) is 5.84 Å². The van der Waals surface area contributed by atoms with Crippen LogP contribution in [0, 0.1) is 0 Å². The molecule has 0 aliphatic rings. The fourth-order valence-electron chi connectivity index (χ4n) is 0.983. The molecule has 0 fully saturated rings. The topological polar surface area (TPSA) is 81.4 Å². The summed E-state index contributed by atoms with van der Waals surface area (Å²) in [7, 11) is 0. The zero-order valence-electron chi connectivity index (χ0n) is 11.3. The van der Waals surface area contributed by atoms with Gasteiger partial charge in [0.1, 0.15) is 5.60 Å². The van der Waals surface area contributed by atoms with Crippen LogP contribution in [-0.2, 0) is 20.7 Å². The standard InChI is InChI=1S/C8H9BrN2O.C5H10O2/c9-7-3-1-6(2-4-7)5-8(12)11-10;1-5(2,3)7-4-6/h1-4H,5,10H2,(H,11,12);4H,1-3H3. The van der Waals surface area contributed by atoms with E-state index in [0.29, 0.717) is 12.9 Å². The number of amides is 1. The number of hydrogen-bond donors (Lipinski definition) is 2. The quantitative estimate of drug-likeness (QED) is 0.384. The lowest BCUT2D eigenvalue weighted by atomic mass is 10.1.